The predicted molar refractivity (Wildman–Crippen MR) is 114 cm³/mol. The van der Waals surface area contributed by atoms with Crippen LogP contribution >= 0.6 is 0 Å². The van der Waals surface area contributed by atoms with Crippen LogP contribution in [0.15, 0.2) is 42.5 Å². The highest BCUT2D eigenvalue weighted by Gasteiger charge is 2.21. The van der Waals surface area contributed by atoms with Crippen molar-refractivity contribution in [2.75, 3.05) is 39.1 Å². The SMILES string of the molecule is CCN(CC)C(CNC(=O)c1cc([N+](=O)[O-])ccc1NC)c1cccc(OC)c1. The number of carbonyl (C=O) groups excluding carboxylic acids is 1. The number of hydrogen-bond acceptors (Lipinski definition) is 6. The molecule has 0 spiro atoms. The standard InChI is InChI=1S/C21H28N4O4/c1-5-24(6-2)20(15-8-7-9-17(12-15)29-4)14-23-21(26)18-13-16(25(27)28)10-11-19(18)22-3/h7-13,20,22H,5-6,14H2,1-4H3,(H,23,26). The van der Waals surface area contributed by atoms with Gasteiger partial charge in [-0.3, -0.25) is 19.8 Å². The van der Waals surface area contributed by atoms with Crippen LogP contribution in [0.2, 0.25) is 0 Å². The van der Waals surface area contributed by atoms with Crippen molar-refractivity contribution in [1.82, 2.24) is 10.2 Å². The topological polar surface area (TPSA) is 96.7 Å². The summed E-state index contributed by atoms with van der Waals surface area (Å²) in [5.74, 6) is 0.389. The first-order valence-corrected chi connectivity index (χ1v) is 9.57. The molecule has 0 saturated heterocycles. The van der Waals surface area contributed by atoms with Crippen LogP contribution in [0.25, 0.3) is 0 Å². The second-order valence-corrected chi connectivity index (χ2v) is 6.46. The number of benzene rings is 2. The summed E-state index contributed by atoms with van der Waals surface area (Å²) in [6.45, 7) is 6.12. The Hall–Kier alpha value is -3.13. The number of methoxy groups -OCH3 is 1. The second-order valence-electron chi connectivity index (χ2n) is 6.46. The van der Waals surface area contributed by atoms with Gasteiger partial charge in [0.25, 0.3) is 11.6 Å². The van der Waals surface area contributed by atoms with Crippen LogP contribution in [0, 0.1) is 10.1 Å². The Morgan fingerprint density at radius 3 is 2.52 bits per heavy atom. The smallest absolute Gasteiger partial charge is 0.270 e. The molecular weight excluding hydrogens is 372 g/mol. The van der Waals surface area contributed by atoms with Gasteiger partial charge in [-0.05, 0) is 36.9 Å². The van der Waals surface area contributed by atoms with E-state index in [0.29, 0.717) is 12.2 Å². The Bertz CT molecular complexity index is 852. The van der Waals surface area contributed by atoms with Gasteiger partial charge in [-0.15, -0.1) is 0 Å². The monoisotopic (exact) mass is 400 g/mol. The molecule has 0 aliphatic carbocycles. The van der Waals surface area contributed by atoms with E-state index in [4.69, 9.17) is 4.74 Å². The fraction of sp³-hybridized carbons (Fsp3) is 0.381. The molecule has 0 fully saturated rings. The molecule has 29 heavy (non-hydrogen) atoms. The zero-order valence-corrected chi connectivity index (χ0v) is 17.3. The summed E-state index contributed by atoms with van der Waals surface area (Å²) in [6.07, 6.45) is 0. The van der Waals surface area contributed by atoms with Gasteiger partial charge in [0.15, 0.2) is 0 Å². The molecule has 8 heteroatoms. The van der Waals surface area contributed by atoms with Gasteiger partial charge in [-0.2, -0.15) is 0 Å². The predicted octanol–water partition coefficient (Wildman–Crippen LogP) is 3.46. The number of amides is 1. The van der Waals surface area contributed by atoms with E-state index in [9.17, 15) is 14.9 Å². The fourth-order valence-electron chi connectivity index (χ4n) is 3.31. The fourth-order valence-corrected chi connectivity index (χ4v) is 3.31. The first-order chi connectivity index (χ1) is 13.9. The summed E-state index contributed by atoms with van der Waals surface area (Å²) in [4.78, 5) is 25.7. The summed E-state index contributed by atoms with van der Waals surface area (Å²) in [5, 5.41) is 16.9. The molecule has 0 aliphatic rings. The molecule has 2 aromatic carbocycles. The van der Waals surface area contributed by atoms with Crippen LogP contribution in [-0.2, 0) is 0 Å². The van der Waals surface area contributed by atoms with E-state index in [0.717, 1.165) is 24.4 Å². The number of nitrogens with one attached hydrogen (secondary N) is 2. The van der Waals surface area contributed by atoms with E-state index in [-0.39, 0.29) is 23.2 Å². The van der Waals surface area contributed by atoms with Crippen LogP contribution in [0.1, 0.15) is 35.8 Å². The van der Waals surface area contributed by atoms with Gasteiger partial charge in [-0.1, -0.05) is 26.0 Å². The molecule has 0 bridgehead atoms. The first-order valence-electron chi connectivity index (χ1n) is 9.57. The number of likely N-dealkylation sites (N-methyl/N-ethyl adjacent to an activating group) is 1. The number of rotatable bonds is 10. The van der Waals surface area contributed by atoms with Crippen molar-refractivity contribution in [1.29, 1.82) is 0 Å². The lowest BCUT2D eigenvalue weighted by Crippen LogP contribution is -2.38. The van der Waals surface area contributed by atoms with E-state index in [1.807, 2.05) is 24.3 Å². The van der Waals surface area contributed by atoms with Crippen molar-refractivity contribution in [2.45, 2.75) is 19.9 Å². The number of hydrogen-bond donors (Lipinski definition) is 2. The quantitative estimate of drug-likeness (QED) is 0.468. The highest BCUT2D eigenvalue weighted by Crippen LogP contribution is 2.25. The Labute approximate surface area is 171 Å². The van der Waals surface area contributed by atoms with Crippen molar-refractivity contribution in [3.05, 3.63) is 63.7 Å². The van der Waals surface area contributed by atoms with Crippen LogP contribution in [0.5, 0.6) is 5.75 Å². The molecule has 2 N–H and O–H groups in total. The lowest BCUT2D eigenvalue weighted by atomic mass is 10.0. The number of non-ortho nitro benzene ring substituents is 1. The minimum Gasteiger partial charge on any atom is -0.497 e. The number of nitro benzene ring substituents is 1. The van der Waals surface area contributed by atoms with Gasteiger partial charge in [-0.25, -0.2) is 0 Å². The molecule has 0 heterocycles. The molecular formula is C21H28N4O4. The lowest BCUT2D eigenvalue weighted by Gasteiger charge is -2.30. The lowest BCUT2D eigenvalue weighted by molar-refractivity contribution is -0.384. The maximum Gasteiger partial charge on any atom is 0.270 e. The molecule has 0 aromatic heterocycles. The normalized spacial score (nSPS) is 11.8. The molecule has 1 amide bonds. The second kappa shape index (κ2) is 10.4. The Morgan fingerprint density at radius 1 is 1.21 bits per heavy atom. The molecule has 2 rings (SSSR count). The number of anilines is 1. The molecule has 2 aromatic rings. The summed E-state index contributed by atoms with van der Waals surface area (Å²) in [6, 6.07) is 11.9. The van der Waals surface area contributed by atoms with Crippen LogP contribution < -0.4 is 15.4 Å². The van der Waals surface area contributed by atoms with Crippen molar-refractivity contribution < 1.29 is 14.5 Å². The van der Waals surface area contributed by atoms with Crippen LogP contribution in [0.4, 0.5) is 11.4 Å². The van der Waals surface area contributed by atoms with E-state index in [2.05, 4.69) is 29.4 Å². The third-order valence-corrected chi connectivity index (χ3v) is 4.92. The summed E-state index contributed by atoms with van der Waals surface area (Å²) in [5.41, 5.74) is 1.68. The Kier molecular flexibility index (Phi) is 7.97. The molecule has 0 saturated carbocycles. The molecule has 0 aliphatic heterocycles. The largest absolute Gasteiger partial charge is 0.497 e. The maximum atomic E-state index is 12.8. The number of nitrogens with zero attached hydrogens (tertiary/aromatic N) is 2. The van der Waals surface area contributed by atoms with E-state index in [1.54, 1.807) is 14.2 Å². The van der Waals surface area contributed by atoms with Gasteiger partial charge < -0.3 is 15.4 Å². The first kappa shape index (κ1) is 22.2. The molecule has 156 valence electrons. The highest BCUT2D eigenvalue weighted by atomic mass is 16.6. The van der Waals surface area contributed by atoms with Crippen LogP contribution in [-0.4, -0.2) is 49.5 Å². The third kappa shape index (κ3) is 5.45. The summed E-state index contributed by atoms with van der Waals surface area (Å²) < 4.78 is 5.33. The van der Waals surface area contributed by atoms with Gasteiger partial charge in [0.1, 0.15) is 5.75 Å². The zero-order valence-electron chi connectivity index (χ0n) is 17.3. The maximum absolute atomic E-state index is 12.8. The molecule has 8 nitrogen and oxygen atoms in total. The van der Waals surface area contributed by atoms with Gasteiger partial charge in [0.05, 0.1) is 23.6 Å². The van der Waals surface area contributed by atoms with Gasteiger partial charge in [0, 0.05) is 31.4 Å². The van der Waals surface area contributed by atoms with Crippen molar-refractivity contribution >= 4 is 17.3 Å². The molecule has 1 unspecified atom stereocenters. The molecule has 0 radical (unpaired) electrons. The Morgan fingerprint density at radius 2 is 1.93 bits per heavy atom. The van der Waals surface area contributed by atoms with Gasteiger partial charge >= 0.3 is 0 Å². The average Bonchev–Trinajstić information content (AvgIpc) is 2.75. The zero-order chi connectivity index (χ0) is 21.4. The minimum absolute atomic E-state index is 0.0548. The number of ether oxygens (including phenoxy) is 1. The molecule has 1 atom stereocenters. The van der Waals surface area contributed by atoms with E-state index >= 15 is 0 Å². The van der Waals surface area contributed by atoms with E-state index < -0.39 is 4.92 Å². The van der Waals surface area contributed by atoms with Crippen molar-refractivity contribution in [3.8, 4) is 5.75 Å². The number of carbonyl (C=O) groups is 1. The average molecular weight is 400 g/mol. The third-order valence-electron chi connectivity index (χ3n) is 4.92. The summed E-state index contributed by atoms with van der Waals surface area (Å²) >= 11 is 0. The van der Waals surface area contributed by atoms with Gasteiger partial charge in [0.2, 0.25) is 0 Å². The summed E-state index contributed by atoms with van der Waals surface area (Å²) in [7, 11) is 3.29. The minimum atomic E-state index is -0.509. The van der Waals surface area contributed by atoms with Crippen molar-refractivity contribution in [3.63, 3.8) is 0 Å². The van der Waals surface area contributed by atoms with Crippen molar-refractivity contribution in [2.24, 2.45) is 0 Å². The Balaban J connectivity index is 2.27. The highest BCUT2D eigenvalue weighted by molar-refractivity contribution is 6.00. The van der Waals surface area contributed by atoms with Crippen LogP contribution in [0.3, 0.4) is 0 Å². The number of nitro groups is 1. The van der Waals surface area contributed by atoms with E-state index in [1.165, 1.54) is 18.2 Å².